The van der Waals surface area contributed by atoms with Crippen LogP contribution in [-0.2, 0) is 6.42 Å². The van der Waals surface area contributed by atoms with Gasteiger partial charge in [-0.05, 0) is 24.6 Å². The number of tetrazole rings is 1. The first-order valence-corrected chi connectivity index (χ1v) is 4.78. The summed E-state index contributed by atoms with van der Waals surface area (Å²) in [7, 11) is 0. The van der Waals surface area contributed by atoms with Crippen molar-refractivity contribution in [1.29, 1.82) is 0 Å². The molecule has 15 heavy (non-hydrogen) atoms. The van der Waals surface area contributed by atoms with Crippen molar-refractivity contribution < 1.29 is 4.74 Å². The SMILES string of the molecule is CCOc1ccc(Cc2nnn[n-]2)cc1. The smallest absolute Gasteiger partial charge is 0.119 e. The second kappa shape index (κ2) is 4.54. The Morgan fingerprint density at radius 2 is 2.07 bits per heavy atom. The van der Waals surface area contributed by atoms with E-state index in [2.05, 4.69) is 20.6 Å². The predicted octanol–water partition coefficient (Wildman–Crippen LogP) is 0.818. The lowest BCUT2D eigenvalue weighted by molar-refractivity contribution is 0.340. The molecule has 1 aromatic carbocycles. The number of benzene rings is 1. The molecule has 5 nitrogen and oxygen atoms in total. The van der Waals surface area contributed by atoms with E-state index in [0.717, 1.165) is 11.3 Å². The molecule has 0 aliphatic heterocycles. The average Bonchev–Trinajstić information content (AvgIpc) is 2.74. The molecule has 1 heterocycles. The highest BCUT2D eigenvalue weighted by molar-refractivity contribution is 5.28. The molecule has 5 heteroatoms. The quantitative estimate of drug-likeness (QED) is 0.736. The summed E-state index contributed by atoms with van der Waals surface area (Å²) in [6, 6.07) is 7.84. The molecule has 0 radical (unpaired) electrons. The second-order valence-corrected chi connectivity index (χ2v) is 3.05. The summed E-state index contributed by atoms with van der Waals surface area (Å²) in [4.78, 5) is 0. The Kier molecular flexibility index (Phi) is 2.92. The molecular weight excluding hydrogens is 192 g/mol. The van der Waals surface area contributed by atoms with Crippen LogP contribution in [0.25, 0.3) is 0 Å². The molecule has 0 aliphatic carbocycles. The Morgan fingerprint density at radius 1 is 1.27 bits per heavy atom. The Balaban J connectivity index is 2.04. The van der Waals surface area contributed by atoms with Gasteiger partial charge in [-0.25, -0.2) is 0 Å². The minimum Gasteiger partial charge on any atom is -0.494 e. The maximum absolute atomic E-state index is 5.34. The van der Waals surface area contributed by atoms with E-state index in [1.54, 1.807) is 0 Å². The maximum atomic E-state index is 5.34. The predicted molar refractivity (Wildman–Crippen MR) is 53.6 cm³/mol. The van der Waals surface area contributed by atoms with Crippen molar-refractivity contribution >= 4 is 0 Å². The Morgan fingerprint density at radius 3 is 2.67 bits per heavy atom. The van der Waals surface area contributed by atoms with E-state index in [0.29, 0.717) is 18.9 Å². The van der Waals surface area contributed by atoms with Crippen molar-refractivity contribution in [3.8, 4) is 5.75 Å². The Bertz CT molecular complexity index is 396. The van der Waals surface area contributed by atoms with E-state index < -0.39 is 0 Å². The molecule has 0 amide bonds. The highest BCUT2D eigenvalue weighted by Gasteiger charge is 1.95. The lowest BCUT2D eigenvalue weighted by atomic mass is 10.1. The molecule has 2 rings (SSSR count). The van der Waals surface area contributed by atoms with Gasteiger partial charge >= 0.3 is 0 Å². The first-order valence-electron chi connectivity index (χ1n) is 4.78. The molecule has 2 aromatic rings. The normalized spacial score (nSPS) is 10.2. The van der Waals surface area contributed by atoms with Gasteiger partial charge in [0.05, 0.1) is 6.61 Å². The molecule has 1 aromatic heterocycles. The third-order valence-corrected chi connectivity index (χ3v) is 1.96. The van der Waals surface area contributed by atoms with Gasteiger partial charge in [0.2, 0.25) is 0 Å². The zero-order valence-corrected chi connectivity index (χ0v) is 8.42. The number of hydrogen-bond donors (Lipinski definition) is 0. The summed E-state index contributed by atoms with van der Waals surface area (Å²) in [5.74, 6) is 1.51. The summed E-state index contributed by atoms with van der Waals surface area (Å²) < 4.78 is 5.34. The number of aromatic nitrogens is 4. The fourth-order valence-electron chi connectivity index (χ4n) is 1.29. The van der Waals surface area contributed by atoms with Crippen LogP contribution in [-0.4, -0.2) is 22.1 Å². The van der Waals surface area contributed by atoms with Crippen molar-refractivity contribution in [2.45, 2.75) is 13.3 Å². The fraction of sp³-hybridized carbons (Fsp3) is 0.300. The van der Waals surface area contributed by atoms with Crippen LogP contribution in [0.4, 0.5) is 0 Å². The summed E-state index contributed by atoms with van der Waals surface area (Å²) >= 11 is 0. The van der Waals surface area contributed by atoms with Crippen LogP contribution in [0.15, 0.2) is 24.3 Å². The van der Waals surface area contributed by atoms with E-state index in [1.807, 2.05) is 31.2 Å². The molecule has 0 bridgehead atoms. The summed E-state index contributed by atoms with van der Waals surface area (Å²) in [5, 5.41) is 14.4. The molecule has 0 saturated carbocycles. The van der Waals surface area contributed by atoms with E-state index in [1.165, 1.54) is 0 Å². The van der Waals surface area contributed by atoms with Gasteiger partial charge in [-0.1, -0.05) is 12.1 Å². The molecule has 0 spiro atoms. The molecule has 0 fully saturated rings. The lowest BCUT2D eigenvalue weighted by Crippen LogP contribution is -1.94. The molecule has 0 N–H and O–H groups in total. The van der Waals surface area contributed by atoms with Crippen LogP contribution in [0.3, 0.4) is 0 Å². The van der Waals surface area contributed by atoms with Crippen LogP contribution in [0.1, 0.15) is 18.3 Å². The topological polar surface area (TPSA) is 62.0 Å². The highest BCUT2D eigenvalue weighted by Crippen LogP contribution is 2.13. The van der Waals surface area contributed by atoms with Crippen molar-refractivity contribution in [3.05, 3.63) is 35.7 Å². The maximum Gasteiger partial charge on any atom is 0.119 e. The minimum atomic E-state index is 0.638. The summed E-state index contributed by atoms with van der Waals surface area (Å²) in [5.41, 5.74) is 1.12. The van der Waals surface area contributed by atoms with Gasteiger partial charge in [0.1, 0.15) is 5.75 Å². The fourth-order valence-corrected chi connectivity index (χ4v) is 1.29. The van der Waals surface area contributed by atoms with Crippen LogP contribution in [0.2, 0.25) is 0 Å². The van der Waals surface area contributed by atoms with Crippen LogP contribution in [0, 0.1) is 0 Å². The zero-order chi connectivity index (χ0) is 10.5. The van der Waals surface area contributed by atoms with E-state index in [9.17, 15) is 0 Å². The standard InChI is InChI=1S/C10H11N4O/c1-2-15-9-5-3-8(4-6-9)7-10-11-13-14-12-10/h3-6H,2,7H2,1H3/q-1. The lowest BCUT2D eigenvalue weighted by Gasteiger charge is -2.04. The number of ether oxygens (including phenoxy) is 1. The van der Waals surface area contributed by atoms with Crippen LogP contribution < -0.4 is 9.84 Å². The average molecular weight is 203 g/mol. The van der Waals surface area contributed by atoms with Gasteiger partial charge in [-0.2, -0.15) is 5.21 Å². The Labute approximate surface area is 87.5 Å². The monoisotopic (exact) mass is 203 g/mol. The Hall–Kier alpha value is -1.91. The van der Waals surface area contributed by atoms with E-state index in [4.69, 9.17) is 4.74 Å². The molecule has 0 aliphatic rings. The first-order chi connectivity index (χ1) is 7.38. The van der Waals surface area contributed by atoms with Crippen molar-refractivity contribution in [1.82, 2.24) is 20.6 Å². The number of hydrogen-bond acceptors (Lipinski definition) is 4. The third kappa shape index (κ3) is 2.52. The third-order valence-electron chi connectivity index (χ3n) is 1.96. The molecular formula is C10H11N4O-. The van der Waals surface area contributed by atoms with Crippen molar-refractivity contribution in [2.75, 3.05) is 6.61 Å². The van der Waals surface area contributed by atoms with Crippen molar-refractivity contribution in [2.24, 2.45) is 0 Å². The molecule has 0 saturated heterocycles. The largest absolute Gasteiger partial charge is 0.494 e. The number of nitrogens with zero attached hydrogens (tertiary/aromatic N) is 4. The van der Waals surface area contributed by atoms with E-state index >= 15 is 0 Å². The van der Waals surface area contributed by atoms with Gasteiger partial charge < -0.3 is 9.84 Å². The van der Waals surface area contributed by atoms with Gasteiger partial charge in [0.15, 0.2) is 0 Å². The minimum absolute atomic E-state index is 0.638. The second-order valence-electron chi connectivity index (χ2n) is 3.05. The first kappa shape index (κ1) is 9.64. The number of rotatable bonds is 4. The highest BCUT2D eigenvalue weighted by atomic mass is 16.5. The van der Waals surface area contributed by atoms with Gasteiger partial charge in [0.25, 0.3) is 0 Å². The zero-order valence-electron chi connectivity index (χ0n) is 8.42. The van der Waals surface area contributed by atoms with Crippen LogP contribution >= 0.6 is 0 Å². The molecule has 78 valence electrons. The van der Waals surface area contributed by atoms with E-state index in [-0.39, 0.29) is 0 Å². The van der Waals surface area contributed by atoms with Crippen LogP contribution in [0.5, 0.6) is 5.75 Å². The summed E-state index contributed by atoms with van der Waals surface area (Å²) in [6.07, 6.45) is 0.652. The summed E-state index contributed by atoms with van der Waals surface area (Å²) in [6.45, 7) is 2.64. The van der Waals surface area contributed by atoms with Gasteiger partial charge in [-0.3, -0.25) is 10.3 Å². The van der Waals surface area contributed by atoms with Gasteiger partial charge in [0, 0.05) is 12.2 Å². The molecule has 0 unspecified atom stereocenters. The molecule has 0 atom stereocenters. The van der Waals surface area contributed by atoms with Crippen molar-refractivity contribution in [3.63, 3.8) is 0 Å². The van der Waals surface area contributed by atoms with Gasteiger partial charge in [-0.15, -0.1) is 0 Å².